The third-order valence-corrected chi connectivity index (χ3v) is 5.21. The van der Waals surface area contributed by atoms with E-state index < -0.39 is 5.97 Å². The van der Waals surface area contributed by atoms with Gasteiger partial charge in [-0.2, -0.15) is 0 Å². The van der Waals surface area contributed by atoms with Crippen LogP contribution in [0.5, 0.6) is 0 Å². The van der Waals surface area contributed by atoms with Crippen LogP contribution >= 0.6 is 0 Å². The molecule has 0 saturated carbocycles. The van der Waals surface area contributed by atoms with Gasteiger partial charge in [0.2, 0.25) is 0 Å². The Bertz CT molecular complexity index is 623. The Morgan fingerprint density at radius 2 is 0.600 bits per heavy atom. The standard InChI is InChI=1S/C31H60O14/c1-29(2)31(32)45-28-26-43-24-22-41-20-18-39-16-14-37-12-10-35-8-6-33-5-7-34-9-11-36-13-15-38-17-19-40-21-23-42-25-27-44-30(3)4/h30H,1,5-28H2,2-4H3. The number of carbonyl (C=O) groups is 1. The van der Waals surface area contributed by atoms with E-state index in [0.717, 1.165) is 0 Å². The van der Waals surface area contributed by atoms with E-state index >= 15 is 0 Å². The fourth-order valence-electron chi connectivity index (χ4n) is 2.96. The van der Waals surface area contributed by atoms with Crippen molar-refractivity contribution in [1.29, 1.82) is 0 Å². The maximum atomic E-state index is 11.2. The van der Waals surface area contributed by atoms with E-state index in [1.807, 2.05) is 13.8 Å². The molecule has 0 N–H and O–H groups in total. The molecule has 0 amide bonds. The average Bonchev–Trinajstić information content (AvgIpc) is 3.02. The van der Waals surface area contributed by atoms with Crippen molar-refractivity contribution in [2.45, 2.75) is 26.9 Å². The molecule has 0 spiro atoms. The summed E-state index contributed by atoms with van der Waals surface area (Å²) in [6.07, 6.45) is 0.227. The summed E-state index contributed by atoms with van der Waals surface area (Å²) < 4.78 is 70.0. The number of esters is 1. The van der Waals surface area contributed by atoms with E-state index in [9.17, 15) is 4.79 Å². The molecule has 268 valence electrons. The van der Waals surface area contributed by atoms with E-state index in [4.69, 9.17) is 61.6 Å². The van der Waals surface area contributed by atoms with Gasteiger partial charge in [-0.05, 0) is 20.8 Å². The first-order valence-electron chi connectivity index (χ1n) is 15.8. The molecule has 0 aromatic rings. The third-order valence-electron chi connectivity index (χ3n) is 5.21. The molecular formula is C31H60O14. The van der Waals surface area contributed by atoms with Gasteiger partial charge in [-0.3, -0.25) is 0 Å². The van der Waals surface area contributed by atoms with Gasteiger partial charge in [-0.1, -0.05) is 6.58 Å². The van der Waals surface area contributed by atoms with Crippen molar-refractivity contribution in [3.8, 4) is 0 Å². The number of hydrogen-bond acceptors (Lipinski definition) is 14. The largest absolute Gasteiger partial charge is 0.460 e. The summed E-state index contributed by atoms with van der Waals surface area (Å²) in [6.45, 7) is 20.8. The van der Waals surface area contributed by atoms with E-state index in [1.165, 1.54) is 0 Å². The highest BCUT2D eigenvalue weighted by Crippen LogP contribution is 1.92. The van der Waals surface area contributed by atoms with Crippen LogP contribution in [0.3, 0.4) is 0 Å². The Kier molecular flexibility index (Phi) is 36.1. The second-order valence-electron chi connectivity index (χ2n) is 9.57. The zero-order valence-electron chi connectivity index (χ0n) is 28.0. The van der Waals surface area contributed by atoms with Gasteiger partial charge in [0, 0.05) is 5.57 Å². The Morgan fingerprint density at radius 3 is 0.800 bits per heavy atom. The Balaban J connectivity index is 3.07. The van der Waals surface area contributed by atoms with Crippen LogP contribution < -0.4 is 0 Å². The average molecular weight is 657 g/mol. The second kappa shape index (κ2) is 37.2. The molecule has 0 rings (SSSR count). The lowest BCUT2D eigenvalue weighted by Crippen LogP contribution is -2.16. The van der Waals surface area contributed by atoms with Gasteiger partial charge in [0.15, 0.2) is 0 Å². The molecular weight excluding hydrogens is 596 g/mol. The minimum absolute atomic E-state index is 0.199. The number of hydrogen-bond donors (Lipinski definition) is 0. The summed E-state index contributed by atoms with van der Waals surface area (Å²) in [6, 6.07) is 0. The molecule has 0 aliphatic carbocycles. The van der Waals surface area contributed by atoms with Gasteiger partial charge in [-0.15, -0.1) is 0 Å². The summed E-state index contributed by atoms with van der Waals surface area (Å²) in [5.41, 5.74) is 0.370. The molecule has 0 atom stereocenters. The van der Waals surface area contributed by atoms with Gasteiger partial charge >= 0.3 is 5.97 Å². The molecule has 14 nitrogen and oxygen atoms in total. The molecule has 0 bridgehead atoms. The number of rotatable bonds is 38. The summed E-state index contributed by atoms with van der Waals surface area (Å²) in [5.74, 6) is -0.413. The molecule has 45 heavy (non-hydrogen) atoms. The van der Waals surface area contributed by atoms with Gasteiger partial charge in [0.25, 0.3) is 0 Å². The molecule has 0 unspecified atom stereocenters. The molecule has 0 aromatic carbocycles. The quantitative estimate of drug-likeness (QED) is 0.0542. The van der Waals surface area contributed by atoms with E-state index in [0.29, 0.717) is 158 Å². The monoisotopic (exact) mass is 656 g/mol. The minimum Gasteiger partial charge on any atom is -0.460 e. The summed E-state index contributed by atoms with van der Waals surface area (Å²) in [7, 11) is 0. The summed E-state index contributed by atoms with van der Waals surface area (Å²) in [5, 5.41) is 0. The third kappa shape index (κ3) is 38.8. The Hall–Kier alpha value is -1.27. The van der Waals surface area contributed by atoms with Crippen molar-refractivity contribution < 1.29 is 66.4 Å². The maximum absolute atomic E-state index is 11.2. The maximum Gasteiger partial charge on any atom is 0.333 e. The zero-order chi connectivity index (χ0) is 32.9. The van der Waals surface area contributed by atoms with Crippen LogP contribution in [0.1, 0.15) is 20.8 Å². The molecule has 0 aliphatic rings. The number of carbonyl (C=O) groups excluding carboxylic acids is 1. The minimum atomic E-state index is -0.413. The molecule has 14 heteroatoms. The predicted molar refractivity (Wildman–Crippen MR) is 166 cm³/mol. The smallest absolute Gasteiger partial charge is 0.333 e. The van der Waals surface area contributed by atoms with Crippen LogP contribution in [0.4, 0.5) is 0 Å². The summed E-state index contributed by atoms with van der Waals surface area (Å²) in [4.78, 5) is 11.2. The molecule has 0 saturated heterocycles. The molecule has 0 fully saturated rings. The van der Waals surface area contributed by atoms with Crippen molar-refractivity contribution in [1.82, 2.24) is 0 Å². The van der Waals surface area contributed by atoms with Crippen molar-refractivity contribution in [3.05, 3.63) is 12.2 Å². The van der Waals surface area contributed by atoms with Crippen LogP contribution in [-0.2, 0) is 66.4 Å². The highest BCUT2D eigenvalue weighted by Gasteiger charge is 2.02. The van der Waals surface area contributed by atoms with Crippen molar-refractivity contribution in [2.24, 2.45) is 0 Å². The van der Waals surface area contributed by atoms with Gasteiger partial charge in [0.05, 0.1) is 158 Å². The van der Waals surface area contributed by atoms with Crippen LogP contribution in [0.25, 0.3) is 0 Å². The van der Waals surface area contributed by atoms with E-state index in [2.05, 4.69) is 6.58 Å². The molecule has 0 aromatic heterocycles. The van der Waals surface area contributed by atoms with Crippen molar-refractivity contribution in [2.75, 3.05) is 159 Å². The lowest BCUT2D eigenvalue weighted by molar-refractivity contribution is -0.140. The Labute approximate surface area is 270 Å². The summed E-state index contributed by atoms with van der Waals surface area (Å²) >= 11 is 0. The fourth-order valence-corrected chi connectivity index (χ4v) is 2.96. The Morgan fingerprint density at radius 1 is 0.400 bits per heavy atom. The topological polar surface area (TPSA) is 137 Å². The van der Waals surface area contributed by atoms with Crippen LogP contribution in [0.2, 0.25) is 0 Å². The highest BCUT2D eigenvalue weighted by atomic mass is 16.6. The lowest BCUT2D eigenvalue weighted by atomic mass is 10.4. The van der Waals surface area contributed by atoms with E-state index in [-0.39, 0.29) is 12.7 Å². The van der Waals surface area contributed by atoms with Crippen LogP contribution in [0, 0.1) is 0 Å². The highest BCUT2D eigenvalue weighted by molar-refractivity contribution is 5.86. The van der Waals surface area contributed by atoms with Gasteiger partial charge in [0.1, 0.15) is 6.61 Å². The first-order valence-corrected chi connectivity index (χ1v) is 15.8. The second-order valence-corrected chi connectivity index (χ2v) is 9.57. The normalized spacial score (nSPS) is 11.5. The fraction of sp³-hybridized carbons (Fsp3) is 0.903. The first kappa shape index (κ1) is 43.7. The van der Waals surface area contributed by atoms with Gasteiger partial charge in [-0.25, -0.2) is 4.79 Å². The zero-order valence-corrected chi connectivity index (χ0v) is 28.0. The van der Waals surface area contributed by atoms with Gasteiger partial charge < -0.3 is 61.6 Å². The molecule has 0 aliphatic heterocycles. The predicted octanol–water partition coefficient (Wildman–Crippen LogP) is 1.71. The number of ether oxygens (including phenoxy) is 13. The first-order chi connectivity index (χ1) is 22.0. The lowest BCUT2D eigenvalue weighted by Gasteiger charge is -2.09. The molecule has 0 radical (unpaired) electrons. The van der Waals surface area contributed by atoms with Crippen molar-refractivity contribution in [3.63, 3.8) is 0 Å². The van der Waals surface area contributed by atoms with Crippen molar-refractivity contribution >= 4 is 5.97 Å². The van der Waals surface area contributed by atoms with Crippen LogP contribution in [-0.4, -0.2) is 171 Å². The van der Waals surface area contributed by atoms with E-state index in [1.54, 1.807) is 6.92 Å². The van der Waals surface area contributed by atoms with Crippen LogP contribution in [0.15, 0.2) is 12.2 Å². The SMILES string of the molecule is C=C(C)C(=O)OCCOCCOCCOCCOCCOCCOCCOCCOCCOCCOCCOCCOC(C)C. The molecule has 0 heterocycles.